The summed E-state index contributed by atoms with van der Waals surface area (Å²) < 4.78 is 3.17. The molecule has 0 spiro atoms. The second-order valence-electron chi connectivity index (χ2n) is 8.50. The number of rotatable bonds is 5. The highest BCUT2D eigenvalue weighted by Crippen LogP contribution is 2.37. The highest BCUT2D eigenvalue weighted by molar-refractivity contribution is 9.10. The van der Waals surface area contributed by atoms with Gasteiger partial charge in [0.05, 0.1) is 12.1 Å². The number of hydrogen-bond donors (Lipinski definition) is 1. The molecular formula is C23H29BrN6O. The van der Waals surface area contributed by atoms with Gasteiger partial charge in [-0.3, -0.25) is 9.69 Å². The molecule has 0 atom stereocenters. The summed E-state index contributed by atoms with van der Waals surface area (Å²) >= 11 is 3.42. The van der Waals surface area contributed by atoms with Crippen LogP contribution in [0.3, 0.4) is 0 Å². The Hall–Kier alpha value is -2.37. The van der Waals surface area contributed by atoms with Crippen LogP contribution in [-0.4, -0.2) is 53.1 Å². The van der Waals surface area contributed by atoms with Crippen LogP contribution in [-0.2, 0) is 4.79 Å². The molecule has 3 heterocycles. The van der Waals surface area contributed by atoms with Crippen molar-refractivity contribution < 1.29 is 4.79 Å². The monoisotopic (exact) mass is 484 g/mol. The van der Waals surface area contributed by atoms with Gasteiger partial charge >= 0.3 is 0 Å². The molecule has 0 aromatic carbocycles. The Labute approximate surface area is 192 Å². The second kappa shape index (κ2) is 9.41. The molecule has 2 fully saturated rings. The van der Waals surface area contributed by atoms with Crippen LogP contribution >= 0.6 is 15.9 Å². The zero-order valence-electron chi connectivity index (χ0n) is 18.2. The first-order chi connectivity index (χ1) is 15.0. The average molecular weight is 485 g/mol. The van der Waals surface area contributed by atoms with Gasteiger partial charge in [0.15, 0.2) is 0 Å². The first-order valence-electron chi connectivity index (χ1n) is 11.0. The molecule has 1 saturated carbocycles. The van der Waals surface area contributed by atoms with E-state index >= 15 is 0 Å². The number of halogens is 1. The number of aromatic nitrogens is 2. The molecular weight excluding hydrogens is 456 g/mol. The Morgan fingerprint density at radius 1 is 1.23 bits per heavy atom. The first kappa shape index (κ1) is 21.8. The molecule has 7 nitrogen and oxygen atoms in total. The van der Waals surface area contributed by atoms with Crippen molar-refractivity contribution in [2.45, 2.75) is 45.6 Å². The van der Waals surface area contributed by atoms with E-state index in [9.17, 15) is 10.1 Å². The van der Waals surface area contributed by atoms with E-state index in [2.05, 4.69) is 53.6 Å². The van der Waals surface area contributed by atoms with Gasteiger partial charge in [-0.05, 0) is 60.3 Å². The number of carbonyl (C=O) groups is 1. The molecule has 1 aliphatic carbocycles. The number of nitrogens with one attached hydrogen (secondary N) is 1. The highest BCUT2D eigenvalue weighted by Gasteiger charge is 2.27. The largest absolute Gasteiger partial charge is 0.354 e. The summed E-state index contributed by atoms with van der Waals surface area (Å²) in [5, 5.41) is 12.8. The molecule has 1 amide bonds. The SMILES string of the molecule is Cc1c(C#N)c(NC(=O)CN2CCN(c3ccc(Br)cn3)CC2)n(C2CCCC2)c1C. The summed E-state index contributed by atoms with van der Waals surface area (Å²) in [5.74, 6) is 1.60. The fraction of sp³-hybridized carbons (Fsp3) is 0.522. The van der Waals surface area contributed by atoms with E-state index in [1.807, 2.05) is 25.3 Å². The Bertz CT molecular complexity index is 979. The third kappa shape index (κ3) is 4.63. The van der Waals surface area contributed by atoms with E-state index in [1.54, 1.807) is 0 Å². The van der Waals surface area contributed by atoms with Crippen molar-refractivity contribution in [3.63, 3.8) is 0 Å². The molecule has 1 saturated heterocycles. The number of anilines is 2. The van der Waals surface area contributed by atoms with Crippen LogP contribution in [0.15, 0.2) is 22.8 Å². The normalized spacial score (nSPS) is 17.7. The van der Waals surface area contributed by atoms with Gasteiger partial charge in [0, 0.05) is 48.6 Å². The molecule has 31 heavy (non-hydrogen) atoms. The van der Waals surface area contributed by atoms with E-state index in [1.165, 1.54) is 12.8 Å². The Kier molecular flexibility index (Phi) is 6.63. The Morgan fingerprint density at radius 3 is 2.55 bits per heavy atom. The minimum atomic E-state index is -0.0523. The van der Waals surface area contributed by atoms with E-state index in [0.717, 1.165) is 60.6 Å². The topological polar surface area (TPSA) is 77.2 Å². The van der Waals surface area contributed by atoms with Crippen LogP contribution in [0.25, 0.3) is 0 Å². The summed E-state index contributed by atoms with van der Waals surface area (Å²) in [7, 11) is 0. The lowest BCUT2D eigenvalue weighted by molar-refractivity contribution is -0.117. The molecule has 8 heteroatoms. The maximum absolute atomic E-state index is 12.9. The molecule has 2 aliphatic rings. The van der Waals surface area contributed by atoms with Crippen molar-refractivity contribution in [3.05, 3.63) is 39.6 Å². The van der Waals surface area contributed by atoms with Crippen LogP contribution in [0.4, 0.5) is 11.6 Å². The van der Waals surface area contributed by atoms with Gasteiger partial charge < -0.3 is 14.8 Å². The molecule has 2 aromatic rings. The molecule has 0 unspecified atom stereocenters. The van der Waals surface area contributed by atoms with Gasteiger partial charge in [0.25, 0.3) is 0 Å². The number of amides is 1. The van der Waals surface area contributed by atoms with Crippen molar-refractivity contribution in [1.29, 1.82) is 5.26 Å². The minimum Gasteiger partial charge on any atom is -0.354 e. The first-order valence-corrected chi connectivity index (χ1v) is 11.8. The predicted octanol–water partition coefficient (Wildman–Crippen LogP) is 4.01. The molecule has 4 rings (SSSR count). The van der Waals surface area contributed by atoms with Crippen LogP contribution in [0.1, 0.15) is 48.5 Å². The minimum absolute atomic E-state index is 0.0523. The summed E-state index contributed by atoms with van der Waals surface area (Å²) in [5.41, 5.74) is 2.67. The number of pyridine rings is 1. The molecule has 0 radical (unpaired) electrons. The van der Waals surface area contributed by atoms with E-state index in [4.69, 9.17) is 0 Å². The fourth-order valence-electron chi connectivity index (χ4n) is 4.77. The van der Waals surface area contributed by atoms with Gasteiger partial charge in [-0.15, -0.1) is 0 Å². The maximum atomic E-state index is 12.9. The van der Waals surface area contributed by atoms with Crippen molar-refractivity contribution >= 4 is 33.5 Å². The molecule has 1 N–H and O–H groups in total. The van der Waals surface area contributed by atoms with Crippen molar-refractivity contribution in [3.8, 4) is 6.07 Å². The highest BCUT2D eigenvalue weighted by atomic mass is 79.9. The summed E-state index contributed by atoms with van der Waals surface area (Å²) in [4.78, 5) is 21.8. The maximum Gasteiger partial charge on any atom is 0.239 e. The summed E-state index contributed by atoms with van der Waals surface area (Å²) in [6, 6.07) is 6.70. The predicted molar refractivity (Wildman–Crippen MR) is 125 cm³/mol. The van der Waals surface area contributed by atoms with Crippen LogP contribution < -0.4 is 10.2 Å². The van der Waals surface area contributed by atoms with E-state index in [0.29, 0.717) is 24.0 Å². The van der Waals surface area contributed by atoms with Gasteiger partial charge in [0.2, 0.25) is 5.91 Å². The van der Waals surface area contributed by atoms with Crippen LogP contribution in [0.2, 0.25) is 0 Å². The van der Waals surface area contributed by atoms with Gasteiger partial charge in [-0.2, -0.15) is 5.26 Å². The summed E-state index contributed by atoms with van der Waals surface area (Å²) in [6.07, 6.45) is 6.43. The van der Waals surface area contributed by atoms with Crippen molar-refractivity contribution in [2.24, 2.45) is 0 Å². The number of nitrogens with zero attached hydrogens (tertiary/aromatic N) is 5. The number of nitriles is 1. The lowest BCUT2D eigenvalue weighted by Gasteiger charge is -2.35. The van der Waals surface area contributed by atoms with Gasteiger partial charge in [0.1, 0.15) is 17.7 Å². The van der Waals surface area contributed by atoms with E-state index < -0.39 is 0 Å². The van der Waals surface area contributed by atoms with Crippen LogP contribution in [0, 0.1) is 25.2 Å². The third-order valence-electron chi connectivity index (χ3n) is 6.59. The molecule has 2 aromatic heterocycles. The lowest BCUT2D eigenvalue weighted by atomic mass is 10.2. The van der Waals surface area contributed by atoms with Crippen molar-refractivity contribution in [1.82, 2.24) is 14.5 Å². The molecule has 0 bridgehead atoms. The number of piperazine rings is 1. The zero-order chi connectivity index (χ0) is 22.0. The van der Waals surface area contributed by atoms with Gasteiger partial charge in [-0.1, -0.05) is 12.8 Å². The Morgan fingerprint density at radius 2 is 1.94 bits per heavy atom. The zero-order valence-corrected chi connectivity index (χ0v) is 19.8. The summed E-state index contributed by atoms with van der Waals surface area (Å²) in [6.45, 7) is 7.64. The third-order valence-corrected chi connectivity index (χ3v) is 7.06. The van der Waals surface area contributed by atoms with Crippen molar-refractivity contribution in [2.75, 3.05) is 42.9 Å². The number of hydrogen-bond acceptors (Lipinski definition) is 5. The lowest BCUT2D eigenvalue weighted by Crippen LogP contribution is -2.49. The Balaban J connectivity index is 1.40. The van der Waals surface area contributed by atoms with Gasteiger partial charge in [-0.25, -0.2) is 4.98 Å². The fourth-order valence-corrected chi connectivity index (χ4v) is 5.01. The number of carbonyl (C=O) groups excluding carboxylic acids is 1. The quantitative estimate of drug-likeness (QED) is 0.693. The molecule has 1 aliphatic heterocycles. The van der Waals surface area contributed by atoms with E-state index in [-0.39, 0.29) is 5.91 Å². The standard InChI is InChI=1S/C23H29BrN6O/c1-16-17(2)30(19-5-3-4-6-19)23(20(16)13-25)27-22(31)15-28-9-11-29(12-10-28)21-8-7-18(24)14-26-21/h7-8,14,19H,3-6,9-12,15H2,1-2H3,(H,27,31). The smallest absolute Gasteiger partial charge is 0.239 e. The van der Waals surface area contributed by atoms with Crippen LogP contribution in [0.5, 0.6) is 0 Å². The molecule has 164 valence electrons. The second-order valence-corrected chi connectivity index (χ2v) is 9.42. The average Bonchev–Trinajstić information content (AvgIpc) is 3.36.